The van der Waals surface area contributed by atoms with Crippen molar-refractivity contribution in [3.8, 4) is 5.75 Å². The lowest BCUT2D eigenvalue weighted by atomic mass is 9.98. The van der Waals surface area contributed by atoms with Crippen LogP contribution in [0.2, 0.25) is 0 Å². The van der Waals surface area contributed by atoms with E-state index in [0.717, 1.165) is 0 Å². The first-order valence-electron chi connectivity index (χ1n) is 8.63. The Balaban J connectivity index is 2.73. The van der Waals surface area contributed by atoms with E-state index in [-0.39, 0.29) is 23.0 Å². The number of phenols is 1. The number of hydrogen-bond acceptors (Lipinski definition) is 7. The monoisotopic (exact) mass is 354 g/mol. The van der Waals surface area contributed by atoms with Crippen molar-refractivity contribution in [2.75, 3.05) is 44.4 Å². The third-order valence-electron chi connectivity index (χ3n) is 3.63. The molecule has 25 heavy (non-hydrogen) atoms. The first kappa shape index (κ1) is 21.0. The fraction of sp³-hybridized carbons (Fsp3) is 0.588. The topological polar surface area (TPSA) is 132 Å². The predicted molar refractivity (Wildman–Crippen MR) is 98.3 cm³/mol. The first-order valence-corrected chi connectivity index (χ1v) is 8.63. The Kier molecular flexibility index (Phi) is 9.68. The van der Waals surface area contributed by atoms with Crippen LogP contribution in [0.25, 0.3) is 0 Å². The number of amides is 1. The zero-order valence-corrected chi connectivity index (χ0v) is 15.1. The van der Waals surface area contributed by atoms with Gasteiger partial charge in [-0.2, -0.15) is 0 Å². The molecule has 0 aliphatic carbocycles. The molecule has 0 saturated carbocycles. The van der Waals surface area contributed by atoms with Crippen LogP contribution in [0.5, 0.6) is 5.75 Å². The van der Waals surface area contributed by atoms with Crippen molar-refractivity contribution in [2.24, 2.45) is 0 Å². The van der Waals surface area contributed by atoms with Gasteiger partial charge in [0.1, 0.15) is 0 Å². The van der Waals surface area contributed by atoms with E-state index in [9.17, 15) is 9.90 Å². The van der Waals surface area contributed by atoms with Crippen LogP contribution >= 0.6 is 0 Å². The van der Waals surface area contributed by atoms with Gasteiger partial charge in [0, 0.05) is 31.9 Å². The Morgan fingerprint density at radius 2 is 1.96 bits per heavy atom. The lowest BCUT2D eigenvalue weighted by Crippen LogP contribution is -2.28. The maximum absolute atomic E-state index is 12.5. The summed E-state index contributed by atoms with van der Waals surface area (Å²) >= 11 is 0. The van der Waals surface area contributed by atoms with Crippen molar-refractivity contribution < 1.29 is 19.5 Å². The van der Waals surface area contributed by atoms with E-state index >= 15 is 0 Å². The number of nitrogen functional groups attached to an aromatic ring is 2. The van der Waals surface area contributed by atoms with Crippen LogP contribution in [0.3, 0.4) is 0 Å². The Hall–Kier alpha value is -2.03. The first-order chi connectivity index (χ1) is 12.0. The fourth-order valence-corrected chi connectivity index (χ4v) is 2.35. The number of phenolic OH excluding ortho intramolecular Hbond substituents is 1. The molecule has 0 spiro atoms. The third kappa shape index (κ3) is 6.77. The number of hydrogen-bond donors (Lipinski definition) is 5. The molecule has 1 amide bonds. The van der Waals surface area contributed by atoms with E-state index in [2.05, 4.69) is 10.8 Å². The molecule has 0 radical (unpaired) electrons. The number of ether oxygens (including phenoxy) is 1. The van der Waals surface area contributed by atoms with Crippen molar-refractivity contribution in [2.45, 2.75) is 33.1 Å². The molecule has 0 aliphatic heterocycles. The van der Waals surface area contributed by atoms with Crippen LogP contribution in [0.15, 0.2) is 6.07 Å². The van der Waals surface area contributed by atoms with E-state index < -0.39 is 0 Å². The SMILES string of the molecule is CCOCCCc1c(C(=O)NCCCNOCC)cc(N)c(O)c1N. The summed E-state index contributed by atoms with van der Waals surface area (Å²) in [4.78, 5) is 17.5. The summed E-state index contributed by atoms with van der Waals surface area (Å²) in [5, 5.41) is 12.8. The number of nitrogens with two attached hydrogens (primary N) is 2. The van der Waals surface area contributed by atoms with Crippen LogP contribution in [0, 0.1) is 0 Å². The molecule has 0 fully saturated rings. The largest absolute Gasteiger partial charge is 0.504 e. The van der Waals surface area contributed by atoms with Crippen LogP contribution < -0.4 is 22.3 Å². The number of nitrogens with one attached hydrogen (secondary N) is 2. The normalized spacial score (nSPS) is 10.8. The van der Waals surface area contributed by atoms with Gasteiger partial charge in [0.15, 0.2) is 5.75 Å². The fourth-order valence-electron chi connectivity index (χ4n) is 2.35. The zero-order chi connectivity index (χ0) is 18.7. The molecule has 8 heteroatoms. The number of rotatable bonds is 12. The minimum absolute atomic E-state index is 0.0919. The second kappa shape index (κ2) is 11.5. The van der Waals surface area contributed by atoms with Crippen molar-refractivity contribution in [1.29, 1.82) is 0 Å². The molecule has 1 aromatic rings. The van der Waals surface area contributed by atoms with Crippen LogP contribution in [0.4, 0.5) is 11.4 Å². The quantitative estimate of drug-likeness (QED) is 0.165. The van der Waals surface area contributed by atoms with Crippen LogP contribution in [-0.2, 0) is 16.0 Å². The third-order valence-corrected chi connectivity index (χ3v) is 3.63. The van der Waals surface area contributed by atoms with E-state index in [4.69, 9.17) is 21.0 Å². The molecule has 1 rings (SSSR count). The number of anilines is 2. The maximum Gasteiger partial charge on any atom is 0.251 e. The van der Waals surface area contributed by atoms with Crippen molar-refractivity contribution in [3.05, 3.63) is 17.2 Å². The zero-order valence-electron chi connectivity index (χ0n) is 15.1. The molecule has 0 unspecified atom stereocenters. The lowest BCUT2D eigenvalue weighted by Gasteiger charge is -2.15. The summed E-state index contributed by atoms with van der Waals surface area (Å²) in [6.07, 6.45) is 1.93. The van der Waals surface area contributed by atoms with Gasteiger partial charge in [0.05, 0.1) is 18.0 Å². The second-order valence-electron chi connectivity index (χ2n) is 5.49. The van der Waals surface area contributed by atoms with Gasteiger partial charge in [-0.05, 0) is 44.7 Å². The molecule has 0 saturated heterocycles. The maximum atomic E-state index is 12.5. The van der Waals surface area contributed by atoms with Gasteiger partial charge in [-0.25, -0.2) is 5.48 Å². The Bertz CT molecular complexity index is 552. The summed E-state index contributed by atoms with van der Waals surface area (Å²) in [5.74, 6) is -0.440. The Labute approximate surface area is 148 Å². The summed E-state index contributed by atoms with van der Waals surface area (Å²) in [5.41, 5.74) is 15.7. The van der Waals surface area contributed by atoms with Crippen molar-refractivity contribution in [3.63, 3.8) is 0 Å². The van der Waals surface area contributed by atoms with E-state index in [0.29, 0.717) is 63.3 Å². The van der Waals surface area contributed by atoms with Gasteiger partial charge < -0.3 is 31.5 Å². The molecular formula is C17H30N4O4. The average molecular weight is 354 g/mol. The van der Waals surface area contributed by atoms with Crippen LogP contribution in [-0.4, -0.2) is 43.9 Å². The van der Waals surface area contributed by atoms with E-state index in [1.807, 2.05) is 13.8 Å². The highest BCUT2D eigenvalue weighted by molar-refractivity contribution is 5.99. The predicted octanol–water partition coefficient (Wildman–Crippen LogP) is 1.19. The van der Waals surface area contributed by atoms with Crippen molar-refractivity contribution >= 4 is 17.3 Å². The number of carbonyl (C=O) groups excluding carboxylic acids is 1. The Morgan fingerprint density at radius 1 is 1.20 bits per heavy atom. The summed E-state index contributed by atoms with van der Waals surface area (Å²) in [6, 6.07) is 1.47. The van der Waals surface area contributed by atoms with Gasteiger partial charge >= 0.3 is 0 Å². The van der Waals surface area contributed by atoms with E-state index in [1.165, 1.54) is 6.07 Å². The van der Waals surface area contributed by atoms with E-state index in [1.54, 1.807) is 0 Å². The van der Waals surface area contributed by atoms with Gasteiger partial charge in [0.2, 0.25) is 0 Å². The smallest absolute Gasteiger partial charge is 0.251 e. The summed E-state index contributed by atoms with van der Waals surface area (Å²) in [6.45, 7) is 6.71. The standard InChI is InChI=1S/C17H30N4O4/c1-3-24-10-5-7-12-13(11-14(18)16(22)15(12)19)17(23)20-8-6-9-21-25-4-2/h11,21-22H,3-10,18-19H2,1-2H3,(H,20,23). The molecule has 0 heterocycles. The highest BCUT2D eigenvalue weighted by atomic mass is 16.6. The van der Waals surface area contributed by atoms with Gasteiger partial charge in [-0.3, -0.25) is 4.79 Å². The molecule has 0 aliphatic rings. The van der Waals surface area contributed by atoms with Crippen molar-refractivity contribution in [1.82, 2.24) is 10.8 Å². The number of aromatic hydroxyl groups is 1. The number of carbonyl (C=O) groups is 1. The minimum Gasteiger partial charge on any atom is -0.504 e. The minimum atomic E-state index is -0.263. The molecule has 7 N–H and O–H groups in total. The summed E-state index contributed by atoms with van der Waals surface area (Å²) in [7, 11) is 0. The number of benzene rings is 1. The van der Waals surface area contributed by atoms with Gasteiger partial charge in [-0.15, -0.1) is 0 Å². The average Bonchev–Trinajstić information content (AvgIpc) is 2.60. The molecular weight excluding hydrogens is 324 g/mol. The highest BCUT2D eigenvalue weighted by Gasteiger charge is 2.18. The molecule has 8 nitrogen and oxygen atoms in total. The molecule has 0 bridgehead atoms. The molecule has 1 aromatic carbocycles. The number of hydroxylamine groups is 1. The molecule has 0 aromatic heterocycles. The highest BCUT2D eigenvalue weighted by Crippen LogP contribution is 2.34. The van der Waals surface area contributed by atoms with Gasteiger partial charge in [0.25, 0.3) is 5.91 Å². The second-order valence-corrected chi connectivity index (χ2v) is 5.49. The summed E-state index contributed by atoms with van der Waals surface area (Å²) < 4.78 is 5.31. The molecule has 142 valence electrons. The molecule has 0 atom stereocenters. The van der Waals surface area contributed by atoms with Gasteiger partial charge in [-0.1, -0.05) is 0 Å². The van der Waals surface area contributed by atoms with Crippen LogP contribution in [0.1, 0.15) is 42.6 Å². The Morgan fingerprint density at radius 3 is 2.64 bits per heavy atom. The lowest BCUT2D eigenvalue weighted by molar-refractivity contribution is 0.0503.